The van der Waals surface area contributed by atoms with E-state index in [0.29, 0.717) is 18.4 Å². The van der Waals surface area contributed by atoms with E-state index < -0.39 is 12.1 Å². The highest BCUT2D eigenvalue weighted by molar-refractivity contribution is 5.70. The van der Waals surface area contributed by atoms with Crippen molar-refractivity contribution >= 4 is 5.97 Å². The van der Waals surface area contributed by atoms with Gasteiger partial charge in [0, 0.05) is 5.92 Å². The van der Waals surface area contributed by atoms with E-state index in [-0.39, 0.29) is 18.6 Å². The summed E-state index contributed by atoms with van der Waals surface area (Å²) >= 11 is 0. The van der Waals surface area contributed by atoms with Gasteiger partial charge in [-0.2, -0.15) is 0 Å². The second-order valence-corrected chi connectivity index (χ2v) is 7.72. The van der Waals surface area contributed by atoms with Crippen molar-refractivity contribution in [3.8, 4) is 0 Å². The zero-order chi connectivity index (χ0) is 19.8. The van der Waals surface area contributed by atoms with Gasteiger partial charge in [-0.1, -0.05) is 51.0 Å². The highest BCUT2D eigenvalue weighted by Crippen LogP contribution is 2.48. The van der Waals surface area contributed by atoms with Gasteiger partial charge in [0.1, 0.15) is 6.61 Å². The average molecular weight is 379 g/mol. The molecule has 0 saturated heterocycles. The molecular weight excluding hydrogens is 344 g/mol. The second kappa shape index (κ2) is 10.8. The lowest BCUT2D eigenvalue weighted by Gasteiger charge is -2.19. The number of carbonyl (C=O) groups excluding carboxylic acids is 1. The normalized spacial score (nSPS) is 28.2. The number of unbranched alkanes of at least 4 members (excludes halogenated alkanes) is 2. The fourth-order valence-corrected chi connectivity index (χ4v) is 4.14. The van der Waals surface area contributed by atoms with Gasteiger partial charge in [-0.15, -0.1) is 0 Å². The number of rotatable bonds is 11. The molecule has 0 aromatic heterocycles. The van der Waals surface area contributed by atoms with Gasteiger partial charge in [-0.05, 0) is 42.2 Å². The molecule has 2 aliphatic carbocycles. The molecule has 1 saturated carbocycles. The van der Waals surface area contributed by atoms with E-state index in [1.807, 2.05) is 12.2 Å². The Morgan fingerprint density at radius 1 is 1.41 bits per heavy atom. The van der Waals surface area contributed by atoms with E-state index >= 15 is 0 Å². The molecular formula is C22H34O5. The first-order chi connectivity index (χ1) is 13.0. The Kier molecular flexibility index (Phi) is 8.74. The van der Waals surface area contributed by atoms with Gasteiger partial charge in [0.25, 0.3) is 0 Å². The Hall–Kier alpha value is -1.43. The van der Waals surface area contributed by atoms with Crippen LogP contribution in [0.3, 0.4) is 0 Å². The van der Waals surface area contributed by atoms with E-state index in [4.69, 9.17) is 4.74 Å². The predicted octanol–water partition coefficient (Wildman–Crippen LogP) is 3.17. The van der Waals surface area contributed by atoms with Gasteiger partial charge in [0.05, 0.1) is 25.9 Å². The Labute approximate surface area is 162 Å². The number of hydrogen-bond acceptors (Lipinski definition) is 5. The van der Waals surface area contributed by atoms with Crippen molar-refractivity contribution in [3.63, 3.8) is 0 Å². The summed E-state index contributed by atoms with van der Waals surface area (Å²) in [5, 5.41) is 20.5. The number of methoxy groups -OCH3 is 1. The number of ether oxygens (including phenoxy) is 2. The maximum atomic E-state index is 11.1. The van der Waals surface area contributed by atoms with Crippen molar-refractivity contribution in [1.29, 1.82) is 0 Å². The molecule has 0 bridgehead atoms. The topological polar surface area (TPSA) is 76.0 Å². The zero-order valence-electron chi connectivity index (χ0n) is 16.6. The number of esters is 1. The first-order valence-corrected chi connectivity index (χ1v) is 10.0. The quantitative estimate of drug-likeness (QED) is 0.328. The van der Waals surface area contributed by atoms with E-state index in [1.165, 1.54) is 7.11 Å². The molecule has 1 fully saturated rings. The van der Waals surface area contributed by atoms with E-state index in [0.717, 1.165) is 49.7 Å². The smallest absolute Gasteiger partial charge is 0.331 e. The number of aliphatic hydroxyl groups excluding tert-OH is 2. The molecule has 0 aromatic carbocycles. The highest BCUT2D eigenvalue weighted by Gasteiger charge is 2.43. The molecule has 0 radical (unpaired) electrons. The first kappa shape index (κ1) is 21.9. The van der Waals surface area contributed by atoms with Crippen molar-refractivity contribution in [2.75, 3.05) is 20.3 Å². The van der Waals surface area contributed by atoms with Crippen LogP contribution in [0.5, 0.6) is 0 Å². The van der Waals surface area contributed by atoms with Gasteiger partial charge in [0.2, 0.25) is 0 Å². The van der Waals surface area contributed by atoms with Crippen LogP contribution in [0.2, 0.25) is 0 Å². The molecule has 0 unspecified atom stereocenters. The zero-order valence-corrected chi connectivity index (χ0v) is 16.6. The summed E-state index contributed by atoms with van der Waals surface area (Å²) in [6.07, 6.45) is 10.9. The molecule has 2 rings (SSSR count). The van der Waals surface area contributed by atoms with Crippen molar-refractivity contribution in [3.05, 3.63) is 36.0 Å². The van der Waals surface area contributed by atoms with Crippen LogP contribution in [-0.2, 0) is 14.3 Å². The molecule has 0 aromatic rings. The summed E-state index contributed by atoms with van der Waals surface area (Å²) in [7, 11) is 1.33. The van der Waals surface area contributed by atoms with Gasteiger partial charge in [-0.25, -0.2) is 4.79 Å². The SMILES string of the molecule is C=C(COCC(=O)OC)C1=C[C@H]2C[C@@H](O)[C@H](/C=C/[C@@H](O)CCCCC)[C@H]2C1. The summed E-state index contributed by atoms with van der Waals surface area (Å²) in [6, 6.07) is 0. The van der Waals surface area contributed by atoms with Crippen LogP contribution >= 0.6 is 0 Å². The molecule has 0 amide bonds. The molecule has 152 valence electrons. The summed E-state index contributed by atoms with van der Waals surface area (Å²) in [5.74, 6) is 0.338. The summed E-state index contributed by atoms with van der Waals surface area (Å²) in [5.41, 5.74) is 2.04. The molecule has 0 heterocycles. The van der Waals surface area contributed by atoms with Crippen LogP contribution in [0.1, 0.15) is 45.4 Å². The van der Waals surface area contributed by atoms with Crippen LogP contribution in [0.25, 0.3) is 0 Å². The van der Waals surface area contributed by atoms with Crippen LogP contribution < -0.4 is 0 Å². The van der Waals surface area contributed by atoms with Gasteiger partial charge in [-0.3, -0.25) is 0 Å². The Balaban J connectivity index is 1.84. The van der Waals surface area contributed by atoms with Crippen molar-refractivity contribution in [2.45, 2.75) is 57.7 Å². The van der Waals surface area contributed by atoms with Crippen molar-refractivity contribution in [1.82, 2.24) is 0 Å². The van der Waals surface area contributed by atoms with E-state index in [1.54, 1.807) is 0 Å². The fourth-order valence-electron chi connectivity index (χ4n) is 4.14. The van der Waals surface area contributed by atoms with Crippen LogP contribution in [0, 0.1) is 17.8 Å². The number of allylic oxidation sites excluding steroid dienone is 1. The molecule has 5 atom stereocenters. The molecule has 27 heavy (non-hydrogen) atoms. The third kappa shape index (κ3) is 6.30. The molecule has 5 heteroatoms. The summed E-state index contributed by atoms with van der Waals surface area (Å²) in [4.78, 5) is 11.1. The van der Waals surface area contributed by atoms with E-state index in [9.17, 15) is 15.0 Å². The minimum Gasteiger partial charge on any atom is -0.467 e. The molecule has 2 aliphatic rings. The predicted molar refractivity (Wildman–Crippen MR) is 105 cm³/mol. The maximum Gasteiger partial charge on any atom is 0.331 e. The lowest BCUT2D eigenvalue weighted by Crippen LogP contribution is -2.18. The van der Waals surface area contributed by atoms with Crippen molar-refractivity contribution in [2.24, 2.45) is 17.8 Å². The molecule has 5 nitrogen and oxygen atoms in total. The van der Waals surface area contributed by atoms with E-state index in [2.05, 4.69) is 24.3 Å². The lowest BCUT2D eigenvalue weighted by molar-refractivity contribution is -0.145. The maximum absolute atomic E-state index is 11.1. The van der Waals surface area contributed by atoms with Gasteiger partial charge in [0.15, 0.2) is 0 Å². The fraction of sp³-hybridized carbons (Fsp3) is 0.682. The number of fused-ring (bicyclic) bond motifs is 1. The Morgan fingerprint density at radius 3 is 2.89 bits per heavy atom. The monoisotopic (exact) mass is 378 g/mol. The average Bonchev–Trinajstić information content (AvgIpc) is 3.17. The summed E-state index contributed by atoms with van der Waals surface area (Å²) in [6.45, 7) is 6.46. The van der Waals surface area contributed by atoms with Crippen LogP contribution in [0.15, 0.2) is 36.0 Å². The van der Waals surface area contributed by atoms with Crippen LogP contribution in [-0.4, -0.2) is 48.7 Å². The summed E-state index contributed by atoms with van der Waals surface area (Å²) < 4.78 is 9.90. The number of hydrogen-bond donors (Lipinski definition) is 2. The highest BCUT2D eigenvalue weighted by atomic mass is 16.6. The number of carbonyl (C=O) groups is 1. The minimum absolute atomic E-state index is 0.0633. The standard InChI is InChI=1S/C22H34O5/c1-4-5-6-7-18(23)8-9-19-20-11-16(10-17(20)12-21(19)24)15(2)13-27-14-22(25)26-3/h8-10,17-21,23-24H,2,4-7,11-14H2,1,3H3/b9-8+/t17-,18-,19+,20-,21+/m0/s1. The Bertz CT molecular complexity index is 565. The van der Waals surface area contributed by atoms with Crippen LogP contribution in [0.4, 0.5) is 0 Å². The van der Waals surface area contributed by atoms with Crippen molar-refractivity contribution < 1.29 is 24.5 Å². The third-order valence-corrected chi connectivity index (χ3v) is 5.71. The lowest BCUT2D eigenvalue weighted by atomic mass is 9.88. The third-order valence-electron chi connectivity index (χ3n) is 5.71. The van der Waals surface area contributed by atoms with Gasteiger partial charge >= 0.3 is 5.97 Å². The number of aliphatic hydroxyl groups is 2. The van der Waals surface area contributed by atoms with Gasteiger partial charge < -0.3 is 19.7 Å². The Morgan fingerprint density at radius 2 is 2.19 bits per heavy atom. The first-order valence-electron chi connectivity index (χ1n) is 10.0. The molecule has 2 N–H and O–H groups in total. The minimum atomic E-state index is -0.432. The second-order valence-electron chi connectivity index (χ2n) is 7.72. The largest absolute Gasteiger partial charge is 0.467 e. The molecule has 0 aliphatic heterocycles. The molecule has 0 spiro atoms.